The van der Waals surface area contributed by atoms with Gasteiger partial charge in [-0.3, -0.25) is 0 Å². The first-order chi connectivity index (χ1) is 9.47. The van der Waals surface area contributed by atoms with Gasteiger partial charge < -0.3 is 9.84 Å². The highest BCUT2D eigenvalue weighted by molar-refractivity contribution is 6.32. The summed E-state index contributed by atoms with van der Waals surface area (Å²) in [4.78, 5) is 0. The van der Waals surface area contributed by atoms with E-state index >= 15 is 0 Å². The van der Waals surface area contributed by atoms with Crippen LogP contribution in [0.4, 0.5) is 0 Å². The van der Waals surface area contributed by atoms with Crippen molar-refractivity contribution in [1.82, 2.24) is 0 Å². The van der Waals surface area contributed by atoms with Crippen LogP contribution >= 0.6 is 11.6 Å². The number of aliphatic hydroxyl groups is 1. The molecule has 0 saturated carbocycles. The molecule has 20 heavy (non-hydrogen) atoms. The number of hydrogen-bond acceptors (Lipinski definition) is 2. The van der Waals surface area contributed by atoms with Crippen LogP contribution in [0.2, 0.25) is 5.02 Å². The lowest BCUT2D eigenvalue weighted by Gasteiger charge is -2.11. The molecule has 1 N–H and O–H groups in total. The first-order valence-corrected chi connectivity index (χ1v) is 7.01. The Balaban J connectivity index is 2.09. The molecule has 1 atom stereocenters. The SMILES string of the molecule is Cc1ccc(COc2ccc(C(C)O)cc2Cl)cc1C. The molecule has 0 aliphatic carbocycles. The Morgan fingerprint density at radius 1 is 1.10 bits per heavy atom. The van der Waals surface area contributed by atoms with Gasteiger partial charge in [0.1, 0.15) is 12.4 Å². The normalized spacial score (nSPS) is 12.2. The Hall–Kier alpha value is -1.51. The van der Waals surface area contributed by atoms with Gasteiger partial charge in [0.15, 0.2) is 0 Å². The monoisotopic (exact) mass is 290 g/mol. The number of aliphatic hydroxyl groups excluding tert-OH is 1. The van der Waals surface area contributed by atoms with Crippen LogP contribution in [0, 0.1) is 13.8 Å². The third-order valence-electron chi connectivity index (χ3n) is 3.40. The van der Waals surface area contributed by atoms with Crippen molar-refractivity contribution in [2.45, 2.75) is 33.5 Å². The van der Waals surface area contributed by atoms with Crippen molar-refractivity contribution in [1.29, 1.82) is 0 Å². The predicted octanol–water partition coefficient (Wildman–Crippen LogP) is 4.59. The lowest BCUT2D eigenvalue weighted by Crippen LogP contribution is -1.98. The summed E-state index contributed by atoms with van der Waals surface area (Å²) in [5.74, 6) is 0.634. The maximum absolute atomic E-state index is 9.50. The zero-order valence-corrected chi connectivity index (χ0v) is 12.7. The van der Waals surface area contributed by atoms with Crippen LogP contribution in [-0.2, 0) is 6.61 Å². The molecule has 1 unspecified atom stereocenters. The van der Waals surface area contributed by atoms with Gasteiger partial charge in [0, 0.05) is 0 Å². The molecule has 0 aromatic heterocycles. The maximum atomic E-state index is 9.50. The molecular weight excluding hydrogens is 272 g/mol. The van der Waals surface area contributed by atoms with Gasteiger partial charge in [0.25, 0.3) is 0 Å². The highest BCUT2D eigenvalue weighted by atomic mass is 35.5. The van der Waals surface area contributed by atoms with E-state index in [1.807, 2.05) is 6.07 Å². The topological polar surface area (TPSA) is 29.5 Å². The number of rotatable bonds is 4. The number of hydrogen-bond donors (Lipinski definition) is 1. The molecule has 0 bridgehead atoms. The molecule has 0 aliphatic heterocycles. The summed E-state index contributed by atoms with van der Waals surface area (Å²) in [7, 11) is 0. The molecule has 106 valence electrons. The van der Waals surface area contributed by atoms with Crippen LogP contribution in [0.15, 0.2) is 36.4 Å². The fourth-order valence-electron chi connectivity index (χ4n) is 1.95. The van der Waals surface area contributed by atoms with E-state index in [1.54, 1.807) is 19.1 Å². The Kier molecular flexibility index (Phi) is 4.69. The summed E-state index contributed by atoms with van der Waals surface area (Å²) >= 11 is 6.16. The van der Waals surface area contributed by atoms with E-state index in [2.05, 4.69) is 32.0 Å². The average molecular weight is 291 g/mol. The third kappa shape index (κ3) is 3.53. The van der Waals surface area contributed by atoms with Crippen molar-refractivity contribution in [3.05, 3.63) is 63.7 Å². The molecular formula is C17H19ClO2. The van der Waals surface area contributed by atoms with Gasteiger partial charge in [-0.2, -0.15) is 0 Å². The molecule has 0 fully saturated rings. The van der Waals surface area contributed by atoms with Crippen LogP contribution in [0.25, 0.3) is 0 Å². The predicted molar refractivity (Wildman–Crippen MR) is 82.3 cm³/mol. The molecule has 2 aromatic rings. The summed E-state index contributed by atoms with van der Waals surface area (Å²) in [6.07, 6.45) is -0.527. The van der Waals surface area contributed by atoms with Gasteiger partial charge in [-0.05, 0) is 55.2 Å². The molecule has 0 spiro atoms. The molecule has 2 aromatic carbocycles. The second-order valence-electron chi connectivity index (χ2n) is 5.07. The van der Waals surface area contributed by atoms with Crippen molar-refractivity contribution in [3.63, 3.8) is 0 Å². The molecule has 3 heteroatoms. The molecule has 0 aliphatic rings. The summed E-state index contributed by atoms with van der Waals surface area (Å²) in [5.41, 5.74) is 4.42. The van der Waals surface area contributed by atoms with Gasteiger partial charge in [-0.25, -0.2) is 0 Å². The fourth-order valence-corrected chi connectivity index (χ4v) is 2.19. The minimum atomic E-state index is -0.527. The van der Waals surface area contributed by atoms with E-state index in [0.29, 0.717) is 17.4 Å². The van der Waals surface area contributed by atoms with Crippen molar-refractivity contribution in [2.24, 2.45) is 0 Å². The zero-order valence-electron chi connectivity index (χ0n) is 12.0. The lowest BCUT2D eigenvalue weighted by molar-refractivity contribution is 0.199. The van der Waals surface area contributed by atoms with Gasteiger partial charge in [0.2, 0.25) is 0 Å². The molecule has 2 rings (SSSR count). The number of halogens is 1. The van der Waals surface area contributed by atoms with E-state index in [4.69, 9.17) is 16.3 Å². The highest BCUT2D eigenvalue weighted by Gasteiger charge is 2.07. The van der Waals surface area contributed by atoms with Crippen molar-refractivity contribution < 1.29 is 9.84 Å². The first-order valence-electron chi connectivity index (χ1n) is 6.64. The second kappa shape index (κ2) is 6.29. The Labute approximate surface area is 125 Å². The summed E-state index contributed by atoms with van der Waals surface area (Å²) in [6, 6.07) is 11.6. The Bertz CT molecular complexity index is 606. The molecule has 0 heterocycles. The van der Waals surface area contributed by atoms with E-state index in [-0.39, 0.29) is 0 Å². The van der Waals surface area contributed by atoms with Crippen molar-refractivity contribution >= 4 is 11.6 Å². The standard InChI is InChI=1S/C17H19ClO2/c1-11-4-5-14(8-12(11)2)10-20-17-7-6-15(13(3)19)9-16(17)18/h4-9,13,19H,10H2,1-3H3. The number of aryl methyl sites for hydroxylation is 2. The quantitative estimate of drug-likeness (QED) is 0.892. The molecule has 0 saturated heterocycles. The number of ether oxygens (including phenoxy) is 1. The number of benzene rings is 2. The van der Waals surface area contributed by atoms with Crippen LogP contribution in [0.3, 0.4) is 0 Å². The average Bonchev–Trinajstić information content (AvgIpc) is 2.41. The fraction of sp³-hybridized carbons (Fsp3) is 0.294. The molecule has 0 amide bonds. The molecule has 2 nitrogen and oxygen atoms in total. The summed E-state index contributed by atoms with van der Waals surface area (Å²) < 4.78 is 5.74. The van der Waals surface area contributed by atoms with Crippen molar-refractivity contribution in [2.75, 3.05) is 0 Å². The van der Waals surface area contributed by atoms with Crippen LogP contribution in [0.5, 0.6) is 5.75 Å². The van der Waals surface area contributed by atoms with Gasteiger partial charge in [-0.15, -0.1) is 0 Å². The van der Waals surface area contributed by atoms with E-state index in [9.17, 15) is 5.11 Å². The first kappa shape index (κ1) is 14.9. The summed E-state index contributed by atoms with van der Waals surface area (Å²) in [6.45, 7) is 6.37. The lowest BCUT2D eigenvalue weighted by atomic mass is 10.1. The maximum Gasteiger partial charge on any atom is 0.138 e. The van der Waals surface area contributed by atoms with Crippen molar-refractivity contribution in [3.8, 4) is 5.75 Å². The van der Waals surface area contributed by atoms with E-state index in [1.165, 1.54) is 11.1 Å². The zero-order chi connectivity index (χ0) is 14.7. The smallest absolute Gasteiger partial charge is 0.138 e. The summed E-state index contributed by atoms with van der Waals surface area (Å²) in [5, 5.41) is 10.0. The van der Waals surface area contributed by atoms with Crippen LogP contribution in [0.1, 0.15) is 35.3 Å². The minimum Gasteiger partial charge on any atom is -0.487 e. The Morgan fingerprint density at radius 3 is 2.45 bits per heavy atom. The minimum absolute atomic E-state index is 0.481. The van der Waals surface area contributed by atoms with E-state index in [0.717, 1.165) is 11.1 Å². The van der Waals surface area contributed by atoms with Crippen LogP contribution < -0.4 is 4.74 Å². The van der Waals surface area contributed by atoms with Gasteiger partial charge >= 0.3 is 0 Å². The second-order valence-corrected chi connectivity index (χ2v) is 5.48. The molecule has 0 radical (unpaired) electrons. The van der Waals surface area contributed by atoms with Crippen LogP contribution in [-0.4, -0.2) is 5.11 Å². The van der Waals surface area contributed by atoms with Gasteiger partial charge in [0.05, 0.1) is 11.1 Å². The van der Waals surface area contributed by atoms with Gasteiger partial charge in [-0.1, -0.05) is 35.9 Å². The van der Waals surface area contributed by atoms with E-state index < -0.39 is 6.10 Å². The highest BCUT2D eigenvalue weighted by Crippen LogP contribution is 2.28. The largest absolute Gasteiger partial charge is 0.487 e. The third-order valence-corrected chi connectivity index (χ3v) is 3.70. The Morgan fingerprint density at radius 2 is 1.85 bits per heavy atom.